The Bertz CT molecular complexity index is 1800. The number of alkyl carbamates (subject to hydrolysis) is 1. The number of aromatic nitrogens is 3. The van der Waals surface area contributed by atoms with Crippen molar-refractivity contribution in [1.82, 2.24) is 25.6 Å². The summed E-state index contributed by atoms with van der Waals surface area (Å²) in [5, 5.41) is 23.7. The van der Waals surface area contributed by atoms with Crippen LogP contribution in [0.5, 0.6) is 0 Å². The van der Waals surface area contributed by atoms with Crippen LogP contribution in [-0.4, -0.2) is 109 Å². The molecule has 3 aromatic rings. The van der Waals surface area contributed by atoms with Crippen LogP contribution < -0.4 is 10.6 Å². The molecule has 3 N–H and O–H groups in total. The summed E-state index contributed by atoms with van der Waals surface area (Å²) in [5.41, 5.74) is 5.08. The number of fused-ring (bicyclic) bond motifs is 5. The van der Waals surface area contributed by atoms with E-state index < -0.39 is 24.5 Å². The molecule has 16 nitrogen and oxygen atoms in total. The molecule has 2 aromatic carbocycles. The molecule has 0 radical (unpaired) electrons. The fourth-order valence-electron chi connectivity index (χ4n) is 7.15. The second-order valence-electron chi connectivity index (χ2n) is 14.4. The summed E-state index contributed by atoms with van der Waals surface area (Å²) < 4.78 is 36.9. The first kappa shape index (κ1) is 43.2. The van der Waals surface area contributed by atoms with E-state index in [9.17, 15) is 19.2 Å². The summed E-state index contributed by atoms with van der Waals surface area (Å²) in [6.07, 6.45) is 0.228. The molecule has 3 unspecified atom stereocenters. The average Bonchev–Trinajstić information content (AvgIpc) is 3.59. The maximum atomic E-state index is 13.0. The molecule has 5 rings (SSSR count). The molecule has 1 aliphatic heterocycles. The number of nitrogens with one attached hydrogen (secondary N) is 2. The highest BCUT2D eigenvalue weighted by atomic mass is 16.7. The van der Waals surface area contributed by atoms with Crippen molar-refractivity contribution in [1.29, 1.82) is 0 Å². The second-order valence-corrected chi connectivity index (χ2v) is 14.4. The van der Waals surface area contributed by atoms with Gasteiger partial charge in [0.15, 0.2) is 6.29 Å². The number of ether oxygens (including phenoxy) is 6. The number of hydrogen-bond donors (Lipinski definition) is 3. The number of amides is 2. The van der Waals surface area contributed by atoms with Gasteiger partial charge in [-0.2, -0.15) is 0 Å². The van der Waals surface area contributed by atoms with E-state index in [-0.39, 0.29) is 62.1 Å². The van der Waals surface area contributed by atoms with Crippen LogP contribution in [-0.2, 0) is 55.8 Å². The van der Waals surface area contributed by atoms with Gasteiger partial charge in [0, 0.05) is 49.9 Å². The van der Waals surface area contributed by atoms with E-state index in [1.165, 1.54) is 13.8 Å². The lowest BCUT2D eigenvalue weighted by molar-refractivity contribution is -0.247. The average molecular weight is 794 g/mol. The van der Waals surface area contributed by atoms with Gasteiger partial charge in [0.25, 0.3) is 0 Å². The molecule has 1 aliphatic carbocycles. The highest BCUT2D eigenvalue weighted by molar-refractivity contribution is 5.83. The first-order valence-corrected chi connectivity index (χ1v) is 19.6. The van der Waals surface area contributed by atoms with Crippen molar-refractivity contribution >= 4 is 23.9 Å². The lowest BCUT2D eigenvalue weighted by atomic mass is 9.82. The number of carboxylic acid groups (broad SMARTS) is 1. The van der Waals surface area contributed by atoms with Crippen molar-refractivity contribution in [2.24, 2.45) is 11.8 Å². The van der Waals surface area contributed by atoms with E-state index in [4.69, 9.17) is 33.5 Å². The van der Waals surface area contributed by atoms with Gasteiger partial charge in [-0.15, -0.1) is 5.10 Å². The number of rotatable bonds is 20. The van der Waals surface area contributed by atoms with Gasteiger partial charge in [-0.3, -0.25) is 14.4 Å². The molecule has 2 amide bonds. The van der Waals surface area contributed by atoms with Crippen LogP contribution in [0.3, 0.4) is 0 Å². The van der Waals surface area contributed by atoms with Gasteiger partial charge in [0.05, 0.1) is 57.4 Å². The maximum absolute atomic E-state index is 13.0. The molecule has 1 aromatic heterocycles. The Kier molecular flexibility index (Phi) is 16.4. The molecule has 1 saturated heterocycles. The molecule has 1 fully saturated rings. The number of esters is 1. The van der Waals surface area contributed by atoms with Crippen molar-refractivity contribution < 1.29 is 52.7 Å². The number of hydrogen-bond acceptors (Lipinski definition) is 12. The highest BCUT2D eigenvalue weighted by Gasteiger charge is 2.43. The Morgan fingerprint density at radius 3 is 2.37 bits per heavy atom. The standard InChI is InChI=1S/C41H55N5O11/c1-26-27(2)37(43-28(3)47)40(56-35(26)25-55-29(4)48)54-23-22-53-21-20-52-19-18-46-39-33-15-10-9-14-32(33)34(57-41(51)42-17-11-5-6-16-36(49)50)24-30-12-7-8-13-31(30)38(39)44-45-46/h7-10,12-15,26-27,34-35,37,40H,5-6,11,16-25H2,1-4H3,(H,42,51)(H,43,47)(H,49,50)/t26-,27+,34?,35?,37?,40-/m1/s1. The van der Waals surface area contributed by atoms with Crippen molar-refractivity contribution in [3.8, 4) is 22.5 Å². The van der Waals surface area contributed by atoms with Crippen molar-refractivity contribution in [3.05, 3.63) is 59.7 Å². The van der Waals surface area contributed by atoms with E-state index in [0.717, 1.165) is 33.6 Å². The third-order valence-electron chi connectivity index (χ3n) is 10.3. The molecule has 0 bridgehead atoms. The number of carboxylic acids is 1. The van der Waals surface area contributed by atoms with E-state index in [1.54, 1.807) is 0 Å². The van der Waals surface area contributed by atoms with Gasteiger partial charge in [-0.25, -0.2) is 9.48 Å². The van der Waals surface area contributed by atoms with E-state index in [1.807, 2.05) is 67.1 Å². The normalized spacial score (nSPS) is 21.2. The molecule has 57 heavy (non-hydrogen) atoms. The predicted octanol–water partition coefficient (Wildman–Crippen LogP) is 4.70. The molecular formula is C41H55N5O11. The fourth-order valence-corrected chi connectivity index (χ4v) is 7.15. The maximum Gasteiger partial charge on any atom is 0.407 e. The number of benzene rings is 2. The largest absolute Gasteiger partial charge is 0.481 e. The molecule has 2 aliphatic rings. The van der Waals surface area contributed by atoms with Gasteiger partial charge in [0.2, 0.25) is 5.91 Å². The second kappa shape index (κ2) is 21.6. The van der Waals surface area contributed by atoms with Crippen molar-refractivity contribution in [3.63, 3.8) is 0 Å². The van der Waals surface area contributed by atoms with Gasteiger partial charge in [-0.1, -0.05) is 74.0 Å². The Labute approximate surface area is 332 Å². The van der Waals surface area contributed by atoms with Gasteiger partial charge in [0.1, 0.15) is 18.4 Å². The van der Waals surface area contributed by atoms with Crippen LogP contribution in [0.1, 0.15) is 70.6 Å². The summed E-state index contributed by atoms with van der Waals surface area (Å²) in [5.74, 6) is -1.38. The molecule has 6 atom stereocenters. The number of nitrogens with zero attached hydrogens (tertiary/aromatic N) is 3. The van der Waals surface area contributed by atoms with Crippen LogP contribution >= 0.6 is 0 Å². The number of aliphatic carboxylic acids is 1. The van der Waals surface area contributed by atoms with Crippen LogP contribution in [0.4, 0.5) is 4.79 Å². The SMILES string of the molecule is CC(=O)NC1[C@H](OCCOCCOCCn2nnc3c2-c2ccccc2C(OC(=O)NCCCCCC(=O)O)Cc2ccccc2-3)OC(COC(C)=O)[C@H](C)[C@@H]1C. The highest BCUT2D eigenvalue weighted by Crippen LogP contribution is 2.41. The van der Waals surface area contributed by atoms with Crippen LogP contribution in [0, 0.1) is 11.8 Å². The monoisotopic (exact) mass is 793 g/mol. The summed E-state index contributed by atoms with van der Waals surface area (Å²) in [6, 6.07) is 15.3. The number of carbonyl (C=O) groups is 4. The smallest absolute Gasteiger partial charge is 0.407 e. The minimum Gasteiger partial charge on any atom is -0.481 e. The lowest BCUT2D eigenvalue weighted by Crippen LogP contribution is -2.58. The molecule has 310 valence electrons. The Hall–Kier alpha value is -4.90. The Morgan fingerprint density at radius 2 is 1.61 bits per heavy atom. The Morgan fingerprint density at radius 1 is 0.895 bits per heavy atom. The molecule has 2 heterocycles. The zero-order chi connectivity index (χ0) is 40.7. The van der Waals surface area contributed by atoms with Crippen LogP contribution in [0.2, 0.25) is 0 Å². The van der Waals surface area contributed by atoms with E-state index >= 15 is 0 Å². The van der Waals surface area contributed by atoms with Crippen LogP contribution in [0.25, 0.3) is 22.5 Å². The number of unbranched alkanes of at least 4 members (excludes halogenated alkanes) is 2. The first-order chi connectivity index (χ1) is 27.5. The Balaban J connectivity index is 1.13. The summed E-state index contributed by atoms with van der Waals surface area (Å²) in [7, 11) is 0. The zero-order valence-corrected chi connectivity index (χ0v) is 33.1. The summed E-state index contributed by atoms with van der Waals surface area (Å²) in [6.45, 7) is 9.19. The third kappa shape index (κ3) is 12.3. The number of carbonyl (C=O) groups excluding carboxylic acids is 3. The third-order valence-corrected chi connectivity index (χ3v) is 10.3. The van der Waals surface area contributed by atoms with E-state index in [2.05, 4.69) is 20.9 Å². The fraction of sp³-hybridized carbons (Fsp3) is 0.561. The molecular weight excluding hydrogens is 738 g/mol. The summed E-state index contributed by atoms with van der Waals surface area (Å²) >= 11 is 0. The summed E-state index contributed by atoms with van der Waals surface area (Å²) in [4.78, 5) is 47.1. The van der Waals surface area contributed by atoms with Gasteiger partial charge >= 0.3 is 18.0 Å². The van der Waals surface area contributed by atoms with E-state index in [0.29, 0.717) is 58.6 Å². The topological polar surface area (TPSA) is 199 Å². The molecule has 16 heteroatoms. The van der Waals surface area contributed by atoms with Gasteiger partial charge in [-0.05, 0) is 30.2 Å². The molecule has 0 saturated carbocycles. The quantitative estimate of drug-likeness (QED) is 0.105. The molecule has 0 spiro atoms. The van der Waals surface area contributed by atoms with Crippen molar-refractivity contribution in [2.75, 3.05) is 46.2 Å². The lowest BCUT2D eigenvalue weighted by Gasteiger charge is -2.44. The minimum absolute atomic E-state index is 0.0107. The minimum atomic E-state index is -0.827. The van der Waals surface area contributed by atoms with Crippen molar-refractivity contribution in [2.45, 2.75) is 90.9 Å². The van der Waals surface area contributed by atoms with Crippen LogP contribution in [0.15, 0.2) is 48.5 Å². The predicted molar refractivity (Wildman–Crippen MR) is 207 cm³/mol. The zero-order valence-electron chi connectivity index (χ0n) is 33.1. The first-order valence-electron chi connectivity index (χ1n) is 19.6. The van der Waals surface area contributed by atoms with Gasteiger partial charge < -0.3 is 44.2 Å².